The average Bonchev–Trinajstić information content (AvgIpc) is 2.45. The highest BCUT2D eigenvalue weighted by molar-refractivity contribution is 6.42. The van der Waals surface area contributed by atoms with Crippen molar-refractivity contribution >= 4 is 17.4 Å². The Hall–Kier alpha value is -2.35. The van der Waals surface area contributed by atoms with Gasteiger partial charge in [-0.15, -0.1) is 0 Å². The zero-order chi connectivity index (χ0) is 12.5. The number of hydrogen-bond acceptors (Lipinski definition) is 2. The van der Waals surface area contributed by atoms with Crippen molar-refractivity contribution in [1.82, 2.24) is 0 Å². The number of ketones is 1. The molecule has 2 aromatic carbocycles. The van der Waals surface area contributed by atoms with Crippen molar-refractivity contribution in [2.45, 2.75) is 0 Å². The van der Waals surface area contributed by atoms with Crippen LogP contribution in [0.5, 0.6) is 5.75 Å². The largest absolute Gasteiger partial charge is 0.497 e. The molecule has 2 nitrogen and oxygen atoms in total. The standard InChI is InChI=1S/C16H12O2/c1-18-12-7-8-13-14(16(17)15(13)10-12)9-11-5-3-2-4-6-11/h2-10H,1H3/b14-9+. The molecule has 0 radical (unpaired) electrons. The number of ether oxygens (including phenoxy) is 1. The highest BCUT2D eigenvalue weighted by atomic mass is 16.5. The van der Waals surface area contributed by atoms with Crippen molar-refractivity contribution in [2.75, 3.05) is 7.11 Å². The molecule has 2 aromatic rings. The summed E-state index contributed by atoms with van der Waals surface area (Å²) >= 11 is 0. The first kappa shape index (κ1) is 10.8. The summed E-state index contributed by atoms with van der Waals surface area (Å²) < 4.78 is 5.11. The molecule has 0 N–H and O–H groups in total. The fraction of sp³-hybridized carbons (Fsp3) is 0.0625. The highest BCUT2D eigenvalue weighted by Gasteiger charge is 2.29. The molecule has 0 spiro atoms. The van der Waals surface area contributed by atoms with E-state index >= 15 is 0 Å². The molecule has 0 atom stereocenters. The molecule has 3 rings (SSSR count). The number of carbonyl (C=O) groups excluding carboxylic acids is 1. The van der Waals surface area contributed by atoms with Gasteiger partial charge in [0.2, 0.25) is 0 Å². The molecule has 1 aliphatic rings. The maximum absolute atomic E-state index is 12.0. The minimum Gasteiger partial charge on any atom is -0.497 e. The topological polar surface area (TPSA) is 26.3 Å². The lowest BCUT2D eigenvalue weighted by Crippen LogP contribution is -2.17. The zero-order valence-electron chi connectivity index (χ0n) is 10.0. The molecule has 88 valence electrons. The van der Waals surface area contributed by atoms with Crippen molar-refractivity contribution in [2.24, 2.45) is 0 Å². The van der Waals surface area contributed by atoms with E-state index in [0.29, 0.717) is 0 Å². The van der Waals surface area contributed by atoms with Gasteiger partial charge in [-0.25, -0.2) is 0 Å². The van der Waals surface area contributed by atoms with Gasteiger partial charge in [-0.05, 0) is 35.4 Å². The lowest BCUT2D eigenvalue weighted by molar-refractivity contribution is 0.104. The molecule has 2 heteroatoms. The minimum atomic E-state index is 0.0905. The highest BCUT2D eigenvalue weighted by Crippen LogP contribution is 2.37. The van der Waals surface area contributed by atoms with E-state index in [0.717, 1.165) is 28.0 Å². The van der Waals surface area contributed by atoms with E-state index in [2.05, 4.69) is 0 Å². The van der Waals surface area contributed by atoms with E-state index in [1.807, 2.05) is 48.5 Å². The summed E-state index contributed by atoms with van der Waals surface area (Å²) in [5.41, 5.74) is 3.57. The predicted molar refractivity (Wildman–Crippen MR) is 71.6 cm³/mol. The molecule has 0 saturated heterocycles. The number of fused-ring (bicyclic) bond motifs is 1. The molecule has 0 bridgehead atoms. The Morgan fingerprint density at radius 2 is 1.78 bits per heavy atom. The predicted octanol–water partition coefficient (Wildman–Crippen LogP) is 3.43. The summed E-state index contributed by atoms with van der Waals surface area (Å²) in [6.45, 7) is 0. The van der Waals surface area contributed by atoms with Crippen LogP contribution in [0.3, 0.4) is 0 Å². The first-order valence-electron chi connectivity index (χ1n) is 5.79. The van der Waals surface area contributed by atoms with E-state index in [-0.39, 0.29) is 5.78 Å². The van der Waals surface area contributed by atoms with E-state index in [9.17, 15) is 4.79 Å². The summed E-state index contributed by atoms with van der Waals surface area (Å²) in [6, 6.07) is 15.5. The van der Waals surface area contributed by atoms with Gasteiger partial charge in [-0.1, -0.05) is 30.3 Å². The summed E-state index contributed by atoms with van der Waals surface area (Å²) in [5.74, 6) is 0.814. The SMILES string of the molecule is COc1ccc2c(c1)C(=O)/C2=C/c1ccccc1. The molecule has 0 aromatic heterocycles. The molecule has 0 unspecified atom stereocenters. The summed E-state index contributed by atoms with van der Waals surface area (Å²) in [6.07, 6.45) is 1.93. The maximum Gasteiger partial charge on any atom is 0.194 e. The molecule has 0 saturated carbocycles. The van der Waals surface area contributed by atoms with Crippen LogP contribution in [0.4, 0.5) is 0 Å². The van der Waals surface area contributed by atoms with Crippen molar-refractivity contribution in [3.05, 3.63) is 65.2 Å². The number of Topliss-reactive ketones (excluding diaryl/α,β-unsaturated/α-hetero) is 1. The van der Waals surface area contributed by atoms with E-state index in [1.165, 1.54) is 0 Å². The van der Waals surface area contributed by atoms with Crippen molar-refractivity contribution in [1.29, 1.82) is 0 Å². The number of rotatable bonds is 2. The molecular weight excluding hydrogens is 224 g/mol. The third-order valence-corrected chi connectivity index (χ3v) is 3.12. The van der Waals surface area contributed by atoms with Crippen molar-refractivity contribution in [3.63, 3.8) is 0 Å². The normalized spacial score (nSPS) is 15.2. The Balaban J connectivity index is 2.02. The van der Waals surface area contributed by atoms with Gasteiger partial charge in [0.25, 0.3) is 0 Å². The Bertz CT molecular complexity index is 639. The smallest absolute Gasteiger partial charge is 0.194 e. The van der Waals surface area contributed by atoms with Gasteiger partial charge in [0.1, 0.15) is 5.75 Å². The zero-order valence-corrected chi connectivity index (χ0v) is 10.0. The third kappa shape index (κ3) is 1.63. The molecule has 0 aliphatic heterocycles. The minimum absolute atomic E-state index is 0.0905. The quantitative estimate of drug-likeness (QED) is 0.747. The lowest BCUT2D eigenvalue weighted by atomic mass is 9.80. The molecule has 1 aliphatic carbocycles. The van der Waals surface area contributed by atoms with Crippen LogP contribution in [0, 0.1) is 0 Å². The molecule has 18 heavy (non-hydrogen) atoms. The van der Waals surface area contributed by atoms with Crippen LogP contribution in [-0.4, -0.2) is 12.9 Å². The fourth-order valence-corrected chi connectivity index (χ4v) is 2.14. The van der Waals surface area contributed by atoms with Crippen LogP contribution in [0.25, 0.3) is 11.6 Å². The second-order valence-electron chi connectivity index (χ2n) is 4.21. The Morgan fingerprint density at radius 1 is 1.00 bits per heavy atom. The van der Waals surface area contributed by atoms with Crippen LogP contribution < -0.4 is 4.74 Å². The first-order chi connectivity index (χ1) is 8.79. The van der Waals surface area contributed by atoms with Crippen molar-refractivity contribution in [3.8, 4) is 5.75 Å². The molecule has 0 amide bonds. The summed E-state index contributed by atoms with van der Waals surface area (Å²) in [5, 5.41) is 0. The van der Waals surface area contributed by atoms with Crippen molar-refractivity contribution < 1.29 is 9.53 Å². The second-order valence-corrected chi connectivity index (χ2v) is 4.21. The number of carbonyl (C=O) groups is 1. The number of methoxy groups -OCH3 is 1. The van der Waals surface area contributed by atoms with Crippen LogP contribution in [0.1, 0.15) is 21.5 Å². The average molecular weight is 236 g/mol. The van der Waals surface area contributed by atoms with E-state index in [1.54, 1.807) is 13.2 Å². The third-order valence-electron chi connectivity index (χ3n) is 3.12. The van der Waals surface area contributed by atoms with Gasteiger partial charge < -0.3 is 4.74 Å². The molecular formula is C16H12O2. The van der Waals surface area contributed by atoms with Gasteiger partial charge in [-0.3, -0.25) is 4.79 Å². The van der Waals surface area contributed by atoms with Crippen LogP contribution in [0.2, 0.25) is 0 Å². The lowest BCUT2D eigenvalue weighted by Gasteiger charge is -2.21. The number of hydrogen-bond donors (Lipinski definition) is 0. The van der Waals surface area contributed by atoms with E-state index in [4.69, 9.17) is 4.74 Å². The number of allylic oxidation sites excluding steroid dienone is 1. The second kappa shape index (κ2) is 4.15. The Labute approximate surface area is 106 Å². The maximum atomic E-state index is 12.0. The number of benzene rings is 2. The Kier molecular flexibility index (Phi) is 2.49. The van der Waals surface area contributed by atoms with Gasteiger partial charge >= 0.3 is 0 Å². The van der Waals surface area contributed by atoms with Gasteiger partial charge in [0.05, 0.1) is 7.11 Å². The van der Waals surface area contributed by atoms with Crippen LogP contribution >= 0.6 is 0 Å². The van der Waals surface area contributed by atoms with Crippen LogP contribution in [-0.2, 0) is 0 Å². The van der Waals surface area contributed by atoms with E-state index < -0.39 is 0 Å². The molecule has 0 heterocycles. The monoisotopic (exact) mass is 236 g/mol. The van der Waals surface area contributed by atoms with Gasteiger partial charge in [0.15, 0.2) is 5.78 Å². The van der Waals surface area contributed by atoms with Gasteiger partial charge in [-0.2, -0.15) is 0 Å². The first-order valence-corrected chi connectivity index (χ1v) is 5.79. The summed E-state index contributed by atoms with van der Waals surface area (Å²) in [7, 11) is 1.60. The Morgan fingerprint density at radius 3 is 2.50 bits per heavy atom. The van der Waals surface area contributed by atoms with Gasteiger partial charge in [0, 0.05) is 11.1 Å². The van der Waals surface area contributed by atoms with Crippen LogP contribution in [0.15, 0.2) is 48.5 Å². The fourth-order valence-electron chi connectivity index (χ4n) is 2.14. The summed E-state index contributed by atoms with van der Waals surface area (Å²) in [4.78, 5) is 12.0. The molecule has 0 fully saturated rings.